The van der Waals surface area contributed by atoms with Crippen molar-refractivity contribution >= 4 is 22.5 Å². The minimum atomic E-state index is 0.430. The minimum Gasteiger partial charge on any atom is -0.274 e. The highest BCUT2D eigenvalue weighted by molar-refractivity contribution is 9.07. The number of rotatable bonds is 5. The molecule has 1 unspecified atom stereocenters. The SMILES string of the molecule is CCCCC1N(Br)C=NN1CCC. The van der Waals surface area contributed by atoms with Gasteiger partial charge >= 0.3 is 0 Å². The molecule has 0 radical (unpaired) electrons. The average molecular weight is 248 g/mol. The van der Waals surface area contributed by atoms with Crippen LogP contribution in [0.1, 0.15) is 39.5 Å². The van der Waals surface area contributed by atoms with E-state index in [9.17, 15) is 0 Å². The van der Waals surface area contributed by atoms with Crippen molar-refractivity contribution in [3.63, 3.8) is 0 Å². The molecule has 4 heteroatoms. The Labute approximate surface area is 89.1 Å². The maximum atomic E-state index is 4.33. The summed E-state index contributed by atoms with van der Waals surface area (Å²) in [7, 11) is 0. The van der Waals surface area contributed by atoms with Crippen molar-refractivity contribution in [1.82, 2.24) is 8.93 Å². The van der Waals surface area contributed by atoms with Crippen LogP contribution in [-0.4, -0.2) is 28.0 Å². The predicted molar refractivity (Wildman–Crippen MR) is 59.6 cm³/mol. The van der Waals surface area contributed by atoms with Crippen molar-refractivity contribution in [3.8, 4) is 0 Å². The molecular weight excluding hydrogens is 230 g/mol. The Kier molecular flexibility index (Phi) is 4.56. The fourth-order valence-corrected chi connectivity index (χ4v) is 1.99. The second-order valence-electron chi connectivity index (χ2n) is 3.36. The normalized spacial score (nSPS) is 21.6. The van der Waals surface area contributed by atoms with E-state index in [1.165, 1.54) is 19.3 Å². The lowest BCUT2D eigenvalue weighted by Crippen LogP contribution is -2.34. The first-order chi connectivity index (χ1) is 6.29. The fourth-order valence-electron chi connectivity index (χ4n) is 1.49. The molecule has 0 saturated carbocycles. The van der Waals surface area contributed by atoms with Gasteiger partial charge in [-0.25, -0.2) is 0 Å². The molecule has 0 N–H and O–H groups in total. The van der Waals surface area contributed by atoms with Crippen LogP contribution in [0.5, 0.6) is 0 Å². The van der Waals surface area contributed by atoms with E-state index in [-0.39, 0.29) is 0 Å². The maximum absolute atomic E-state index is 4.33. The zero-order valence-corrected chi connectivity index (χ0v) is 10.00. The highest BCUT2D eigenvalue weighted by Crippen LogP contribution is 2.21. The van der Waals surface area contributed by atoms with Crippen LogP contribution in [0.3, 0.4) is 0 Å². The van der Waals surface area contributed by atoms with Crippen LogP contribution in [0, 0.1) is 0 Å². The second kappa shape index (κ2) is 5.47. The molecule has 13 heavy (non-hydrogen) atoms. The van der Waals surface area contributed by atoms with Gasteiger partial charge in [0.2, 0.25) is 0 Å². The van der Waals surface area contributed by atoms with Crippen molar-refractivity contribution in [3.05, 3.63) is 0 Å². The summed E-state index contributed by atoms with van der Waals surface area (Å²) in [6, 6.07) is 0. The quantitative estimate of drug-likeness (QED) is 0.697. The molecule has 1 rings (SSSR count). The van der Waals surface area contributed by atoms with Gasteiger partial charge in [0.25, 0.3) is 0 Å². The monoisotopic (exact) mass is 247 g/mol. The predicted octanol–water partition coefficient (Wildman–Crippen LogP) is 2.78. The Balaban J connectivity index is 2.39. The largest absolute Gasteiger partial charge is 0.274 e. The van der Waals surface area contributed by atoms with E-state index in [1.807, 2.05) is 10.3 Å². The Morgan fingerprint density at radius 2 is 2.15 bits per heavy atom. The van der Waals surface area contributed by atoms with Crippen LogP contribution in [0.4, 0.5) is 0 Å². The number of hydrazone groups is 1. The van der Waals surface area contributed by atoms with Gasteiger partial charge in [-0.05, 0) is 19.3 Å². The molecule has 0 aromatic rings. The van der Waals surface area contributed by atoms with Gasteiger partial charge < -0.3 is 0 Å². The number of hydrogen-bond donors (Lipinski definition) is 0. The molecule has 3 nitrogen and oxygen atoms in total. The van der Waals surface area contributed by atoms with E-state index in [0.717, 1.165) is 13.0 Å². The molecule has 1 aliphatic heterocycles. The first-order valence-electron chi connectivity index (χ1n) is 5.04. The van der Waals surface area contributed by atoms with Gasteiger partial charge in [0.1, 0.15) is 12.5 Å². The summed E-state index contributed by atoms with van der Waals surface area (Å²) in [6.07, 6.45) is 7.13. The van der Waals surface area contributed by atoms with Gasteiger partial charge in [0.15, 0.2) is 0 Å². The Morgan fingerprint density at radius 3 is 2.77 bits per heavy atom. The third-order valence-electron chi connectivity index (χ3n) is 2.21. The topological polar surface area (TPSA) is 18.8 Å². The Hall–Kier alpha value is -0.250. The summed E-state index contributed by atoms with van der Waals surface area (Å²) in [6.45, 7) is 5.45. The third kappa shape index (κ3) is 2.86. The van der Waals surface area contributed by atoms with Crippen LogP contribution >= 0.6 is 16.1 Å². The molecule has 0 aromatic carbocycles. The number of hydrogen-bond acceptors (Lipinski definition) is 3. The van der Waals surface area contributed by atoms with Crippen molar-refractivity contribution in [2.45, 2.75) is 45.7 Å². The van der Waals surface area contributed by atoms with E-state index >= 15 is 0 Å². The van der Waals surface area contributed by atoms with E-state index in [2.05, 4.69) is 40.1 Å². The molecule has 0 aliphatic carbocycles. The molecule has 0 amide bonds. The molecule has 1 atom stereocenters. The minimum absolute atomic E-state index is 0.430. The van der Waals surface area contributed by atoms with E-state index in [0.29, 0.717) is 6.17 Å². The summed E-state index contributed by atoms with van der Waals surface area (Å²) in [5, 5.41) is 6.49. The van der Waals surface area contributed by atoms with Gasteiger partial charge in [-0.15, -0.1) is 0 Å². The van der Waals surface area contributed by atoms with Gasteiger partial charge in [0, 0.05) is 6.54 Å². The van der Waals surface area contributed by atoms with E-state index in [4.69, 9.17) is 0 Å². The standard InChI is InChI=1S/C9H18BrN3/c1-3-5-6-9-12(10)8-11-13(9)7-4-2/h8-9H,3-7H2,1-2H3. The molecule has 0 bridgehead atoms. The number of nitrogens with zero attached hydrogens (tertiary/aromatic N) is 3. The Bertz CT molecular complexity index is 172. The van der Waals surface area contributed by atoms with Crippen molar-refractivity contribution in [1.29, 1.82) is 0 Å². The van der Waals surface area contributed by atoms with E-state index < -0.39 is 0 Å². The molecule has 0 spiro atoms. The second-order valence-corrected chi connectivity index (χ2v) is 4.18. The smallest absolute Gasteiger partial charge is 0.129 e. The molecule has 0 saturated heterocycles. The van der Waals surface area contributed by atoms with Gasteiger partial charge in [-0.1, -0.05) is 20.3 Å². The highest BCUT2D eigenvalue weighted by Gasteiger charge is 2.24. The van der Waals surface area contributed by atoms with E-state index in [1.54, 1.807) is 0 Å². The van der Waals surface area contributed by atoms with Crippen molar-refractivity contribution in [2.75, 3.05) is 6.54 Å². The van der Waals surface area contributed by atoms with Gasteiger partial charge in [-0.3, -0.25) is 8.93 Å². The number of unbranched alkanes of at least 4 members (excludes halogenated alkanes) is 1. The van der Waals surface area contributed by atoms with Crippen LogP contribution in [0.15, 0.2) is 5.10 Å². The summed E-state index contributed by atoms with van der Waals surface area (Å²) in [5.74, 6) is 0. The summed E-state index contributed by atoms with van der Waals surface area (Å²) >= 11 is 3.49. The summed E-state index contributed by atoms with van der Waals surface area (Å²) < 4.78 is 2.03. The lowest BCUT2D eigenvalue weighted by atomic mass is 10.2. The van der Waals surface area contributed by atoms with Gasteiger partial charge in [0.05, 0.1) is 16.1 Å². The zero-order valence-electron chi connectivity index (χ0n) is 8.41. The van der Waals surface area contributed by atoms with Crippen LogP contribution in [-0.2, 0) is 0 Å². The molecular formula is C9H18BrN3. The Morgan fingerprint density at radius 1 is 1.38 bits per heavy atom. The van der Waals surface area contributed by atoms with Crippen molar-refractivity contribution < 1.29 is 0 Å². The molecule has 0 aromatic heterocycles. The molecule has 1 aliphatic rings. The highest BCUT2D eigenvalue weighted by atomic mass is 79.9. The van der Waals surface area contributed by atoms with Crippen LogP contribution < -0.4 is 0 Å². The van der Waals surface area contributed by atoms with Crippen LogP contribution in [0.2, 0.25) is 0 Å². The average Bonchev–Trinajstić information content (AvgIpc) is 2.45. The zero-order chi connectivity index (χ0) is 9.68. The fraction of sp³-hybridized carbons (Fsp3) is 0.889. The van der Waals surface area contributed by atoms with Crippen LogP contribution in [0.25, 0.3) is 0 Å². The first kappa shape index (κ1) is 10.8. The molecule has 1 heterocycles. The lowest BCUT2D eigenvalue weighted by molar-refractivity contribution is 0.169. The number of halogens is 1. The van der Waals surface area contributed by atoms with Crippen molar-refractivity contribution in [2.24, 2.45) is 5.10 Å². The lowest BCUT2D eigenvalue weighted by Gasteiger charge is -2.26. The molecule has 0 fully saturated rings. The maximum Gasteiger partial charge on any atom is 0.129 e. The van der Waals surface area contributed by atoms with Gasteiger partial charge in [-0.2, -0.15) is 5.10 Å². The molecule has 76 valence electrons. The first-order valence-corrected chi connectivity index (χ1v) is 5.75. The summed E-state index contributed by atoms with van der Waals surface area (Å²) in [4.78, 5) is 0. The third-order valence-corrected chi connectivity index (χ3v) is 2.86. The summed E-state index contributed by atoms with van der Waals surface area (Å²) in [5.41, 5.74) is 0.